The molecule has 0 atom stereocenters. The maximum Gasteiger partial charge on any atom is 0.0428 e. The third-order valence-corrected chi connectivity index (χ3v) is 11.0. The number of benzene rings is 5. The summed E-state index contributed by atoms with van der Waals surface area (Å²) in [5, 5.41) is 11.6. The monoisotopic (exact) mass is 583 g/mol. The van der Waals surface area contributed by atoms with Crippen molar-refractivity contribution in [1.29, 1.82) is 0 Å². The molecule has 5 aromatic carbocycles. The van der Waals surface area contributed by atoms with Crippen molar-refractivity contribution >= 4 is 70.1 Å². The number of aryl methyl sites for hydroxylation is 1. The van der Waals surface area contributed by atoms with E-state index in [9.17, 15) is 0 Å². The zero-order valence-electron chi connectivity index (χ0n) is 24.5. The minimum atomic E-state index is 1.05. The molecule has 0 saturated carbocycles. The Hall–Kier alpha value is -3.66. The molecule has 1 N–H and O–H groups in total. The average Bonchev–Trinajstić information content (AvgIpc) is 3.66. The van der Waals surface area contributed by atoms with E-state index in [1.165, 1.54) is 112 Å². The van der Waals surface area contributed by atoms with Crippen molar-refractivity contribution in [3.05, 3.63) is 103 Å². The fourth-order valence-electron chi connectivity index (χ4n) is 6.11. The summed E-state index contributed by atoms with van der Waals surface area (Å²) >= 11 is 3.82. The molecule has 42 heavy (non-hydrogen) atoms. The van der Waals surface area contributed by atoms with Crippen molar-refractivity contribution < 1.29 is 0 Å². The Balaban J connectivity index is 1.15. The lowest BCUT2D eigenvalue weighted by Crippen LogP contribution is -2.01. The van der Waals surface area contributed by atoms with E-state index in [-0.39, 0.29) is 0 Å². The molecule has 0 aliphatic rings. The van der Waals surface area contributed by atoms with Crippen molar-refractivity contribution in [3.63, 3.8) is 0 Å². The minimum absolute atomic E-state index is 1.05. The molecule has 0 saturated heterocycles. The van der Waals surface area contributed by atoms with Gasteiger partial charge in [-0.05, 0) is 70.3 Å². The Morgan fingerprint density at radius 2 is 1.02 bits per heavy atom. The van der Waals surface area contributed by atoms with Gasteiger partial charge in [-0.1, -0.05) is 117 Å². The lowest BCUT2D eigenvalue weighted by molar-refractivity contribution is 0.617. The number of hydrogen-bond donors (Lipinski definition) is 1. The summed E-state index contributed by atoms with van der Waals surface area (Å²) in [6, 6.07) is 36.6. The molecule has 0 amide bonds. The molecule has 210 valence electrons. The Morgan fingerprint density at radius 3 is 1.60 bits per heavy atom. The molecular formula is C39H37NS2. The van der Waals surface area contributed by atoms with Crippen molar-refractivity contribution in [2.75, 3.05) is 11.9 Å². The van der Waals surface area contributed by atoms with Gasteiger partial charge in [-0.15, -0.1) is 22.7 Å². The van der Waals surface area contributed by atoms with Crippen molar-refractivity contribution in [2.45, 2.75) is 52.4 Å². The number of anilines is 1. The number of hydrogen-bond acceptors (Lipinski definition) is 3. The van der Waals surface area contributed by atoms with Gasteiger partial charge in [0.2, 0.25) is 0 Å². The molecule has 0 aliphatic carbocycles. The summed E-state index contributed by atoms with van der Waals surface area (Å²) in [6.45, 7) is 5.48. The van der Waals surface area contributed by atoms with Crippen LogP contribution in [0, 0.1) is 6.92 Å². The van der Waals surface area contributed by atoms with Crippen molar-refractivity contribution in [2.24, 2.45) is 0 Å². The minimum Gasteiger partial charge on any atom is -0.385 e. The summed E-state index contributed by atoms with van der Waals surface area (Å²) in [5.41, 5.74) is 5.10. The maximum absolute atomic E-state index is 3.61. The first kappa shape index (κ1) is 27.2. The highest BCUT2D eigenvalue weighted by molar-refractivity contribution is 7.23. The van der Waals surface area contributed by atoms with Gasteiger partial charge < -0.3 is 5.32 Å². The van der Waals surface area contributed by atoms with E-state index in [4.69, 9.17) is 0 Å². The molecule has 0 aliphatic heterocycles. The van der Waals surface area contributed by atoms with E-state index >= 15 is 0 Å². The van der Waals surface area contributed by atoms with Gasteiger partial charge in [-0.3, -0.25) is 0 Å². The van der Waals surface area contributed by atoms with Gasteiger partial charge in [-0.25, -0.2) is 0 Å². The molecule has 0 radical (unpaired) electrons. The molecule has 0 bridgehead atoms. The summed E-state index contributed by atoms with van der Waals surface area (Å²) in [6.07, 6.45) is 7.98. The molecular weight excluding hydrogens is 547 g/mol. The Bertz CT molecular complexity index is 1990. The lowest BCUT2D eigenvalue weighted by atomic mass is 9.99. The smallest absolute Gasteiger partial charge is 0.0428 e. The van der Waals surface area contributed by atoms with Crippen LogP contribution in [-0.2, 0) is 0 Å². The molecule has 0 unspecified atom stereocenters. The van der Waals surface area contributed by atoms with E-state index < -0.39 is 0 Å². The first-order valence-electron chi connectivity index (χ1n) is 15.4. The first-order valence-corrected chi connectivity index (χ1v) is 17.0. The van der Waals surface area contributed by atoms with Gasteiger partial charge in [0, 0.05) is 42.2 Å². The van der Waals surface area contributed by atoms with Gasteiger partial charge in [0.1, 0.15) is 0 Å². The molecule has 7 rings (SSSR count). The quantitative estimate of drug-likeness (QED) is 0.125. The molecule has 2 heterocycles. The van der Waals surface area contributed by atoms with Gasteiger partial charge in [0.25, 0.3) is 0 Å². The second kappa shape index (κ2) is 11.9. The first-order chi connectivity index (χ1) is 20.7. The van der Waals surface area contributed by atoms with Crippen LogP contribution < -0.4 is 5.32 Å². The third-order valence-electron chi connectivity index (χ3n) is 8.52. The normalized spacial score (nSPS) is 11.8. The van der Waals surface area contributed by atoms with Gasteiger partial charge in [0.05, 0.1) is 0 Å². The topological polar surface area (TPSA) is 12.0 Å². The lowest BCUT2D eigenvalue weighted by Gasteiger charge is -2.07. The van der Waals surface area contributed by atoms with Crippen LogP contribution in [-0.4, -0.2) is 6.54 Å². The summed E-state index contributed by atoms with van der Waals surface area (Å²) < 4.78 is 2.75. The van der Waals surface area contributed by atoms with Crippen molar-refractivity contribution in [1.82, 2.24) is 0 Å². The van der Waals surface area contributed by atoms with Crippen molar-refractivity contribution in [3.8, 4) is 20.9 Å². The van der Waals surface area contributed by atoms with E-state index in [1.54, 1.807) is 0 Å². The number of nitrogens with one attached hydrogen (secondary N) is 1. The van der Waals surface area contributed by atoms with Gasteiger partial charge in [0.15, 0.2) is 0 Å². The van der Waals surface area contributed by atoms with Gasteiger partial charge in [-0.2, -0.15) is 0 Å². The van der Waals surface area contributed by atoms with Crippen LogP contribution in [0.15, 0.2) is 97.1 Å². The van der Waals surface area contributed by atoms with E-state index in [2.05, 4.69) is 116 Å². The average molecular weight is 584 g/mol. The second-order valence-electron chi connectivity index (χ2n) is 11.6. The summed E-state index contributed by atoms with van der Waals surface area (Å²) in [5.74, 6) is 0. The maximum atomic E-state index is 3.61. The molecule has 3 heteroatoms. The third kappa shape index (κ3) is 5.32. The SMILES string of the molecule is CCCCCCCCNc1ccc(-c2cc3ccc4c5ccc6cc(-c7ccc(C)cc7)sc6c5ccc4c3s2)cc1. The van der Waals surface area contributed by atoms with E-state index in [0.29, 0.717) is 0 Å². The van der Waals surface area contributed by atoms with Crippen LogP contribution in [0.4, 0.5) is 5.69 Å². The van der Waals surface area contributed by atoms with Crippen LogP contribution in [0.5, 0.6) is 0 Å². The van der Waals surface area contributed by atoms with E-state index in [1.807, 2.05) is 22.7 Å². The fourth-order valence-corrected chi connectivity index (χ4v) is 8.49. The predicted molar refractivity (Wildman–Crippen MR) is 190 cm³/mol. The number of unbranched alkanes of at least 4 members (excludes halogenated alkanes) is 5. The second-order valence-corrected chi connectivity index (χ2v) is 13.7. The Kier molecular flexibility index (Phi) is 7.71. The van der Waals surface area contributed by atoms with E-state index in [0.717, 1.165) is 6.54 Å². The van der Waals surface area contributed by atoms with Crippen LogP contribution in [0.3, 0.4) is 0 Å². The molecule has 0 spiro atoms. The Morgan fingerprint density at radius 1 is 0.524 bits per heavy atom. The molecule has 7 aromatic rings. The van der Waals surface area contributed by atoms with Crippen LogP contribution in [0.1, 0.15) is 51.0 Å². The zero-order valence-corrected chi connectivity index (χ0v) is 26.1. The molecule has 0 fully saturated rings. The predicted octanol–water partition coefficient (Wildman–Crippen LogP) is 12.8. The summed E-state index contributed by atoms with van der Waals surface area (Å²) in [4.78, 5) is 2.66. The standard InChI is InChI=1S/C39H37NS2/c1-3-4-5-6-7-8-23-40-31-17-13-28(14-18-31)37-25-30-16-20-33-32-19-15-29-24-36(27-11-9-26(2)10-12-27)41-38(29)34(32)21-22-35(33)39(30)42-37/h9-22,24-25,40H,3-8,23H2,1-2H3. The number of thiophene rings is 2. The van der Waals surface area contributed by atoms with Gasteiger partial charge >= 0.3 is 0 Å². The number of fused-ring (bicyclic) bond motifs is 7. The zero-order chi connectivity index (χ0) is 28.5. The van der Waals surface area contributed by atoms with Crippen LogP contribution in [0.2, 0.25) is 0 Å². The highest BCUT2D eigenvalue weighted by Crippen LogP contribution is 2.43. The molecule has 1 nitrogen and oxygen atoms in total. The Labute approximate surface area is 256 Å². The fraction of sp³-hybridized carbons (Fsp3) is 0.231. The highest BCUT2D eigenvalue weighted by atomic mass is 32.1. The van der Waals surface area contributed by atoms with Crippen LogP contribution in [0.25, 0.3) is 62.6 Å². The largest absolute Gasteiger partial charge is 0.385 e. The number of rotatable bonds is 10. The summed E-state index contributed by atoms with van der Waals surface area (Å²) in [7, 11) is 0. The highest BCUT2D eigenvalue weighted by Gasteiger charge is 2.13. The molecule has 2 aromatic heterocycles. The van der Waals surface area contributed by atoms with Crippen LogP contribution >= 0.6 is 22.7 Å².